The Morgan fingerprint density at radius 3 is 2.79 bits per heavy atom. The Labute approximate surface area is 112 Å². The SMILES string of the molecule is CC(N)CNC(=O)COc1cccc2ccccc12. The lowest BCUT2D eigenvalue weighted by atomic mass is 10.1. The Morgan fingerprint density at radius 1 is 1.26 bits per heavy atom. The van der Waals surface area contributed by atoms with E-state index in [0.717, 1.165) is 10.8 Å². The number of fused-ring (bicyclic) bond motifs is 1. The van der Waals surface area contributed by atoms with Gasteiger partial charge in [-0.05, 0) is 18.4 Å². The maximum Gasteiger partial charge on any atom is 0.257 e. The van der Waals surface area contributed by atoms with Crippen LogP contribution in [0.25, 0.3) is 10.8 Å². The van der Waals surface area contributed by atoms with Crippen molar-refractivity contribution >= 4 is 16.7 Å². The van der Waals surface area contributed by atoms with Gasteiger partial charge in [-0.2, -0.15) is 0 Å². The van der Waals surface area contributed by atoms with E-state index >= 15 is 0 Å². The van der Waals surface area contributed by atoms with Crippen molar-refractivity contribution in [2.24, 2.45) is 5.73 Å². The molecule has 0 aliphatic carbocycles. The number of carbonyl (C=O) groups excluding carboxylic acids is 1. The summed E-state index contributed by atoms with van der Waals surface area (Å²) in [5.41, 5.74) is 5.57. The summed E-state index contributed by atoms with van der Waals surface area (Å²) in [5, 5.41) is 4.81. The molecule has 0 bridgehead atoms. The average molecular weight is 258 g/mol. The van der Waals surface area contributed by atoms with Crippen LogP contribution in [-0.2, 0) is 4.79 Å². The van der Waals surface area contributed by atoms with Gasteiger partial charge >= 0.3 is 0 Å². The molecule has 19 heavy (non-hydrogen) atoms. The predicted molar refractivity (Wildman–Crippen MR) is 76.1 cm³/mol. The number of rotatable bonds is 5. The quantitative estimate of drug-likeness (QED) is 0.857. The van der Waals surface area contributed by atoms with Gasteiger partial charge in [-0.25, -0.2) is 0 Å². The van der Waals surface area contributed by atoms with Crippen LogP contribution < -0.4 is 15.8 Å². The maximum absolute atomic E-state index is 11.6. The van der Waals surface area contributed by atoms with E-state index in [1.54, 1.807) is 0 Å². The van der Waals surface area contributed by atoms with Gasteiger partial charge < -0.3 is 15.8 Å². The maximum atomic E-state index is 11.6. The van der Waals surface area contributed by atoms with Crippen molar-refractivity contribution in [2.75, 3.05) is 13.2 Å². The molecule has 1 amide bonds. The normalized spacial score (nSPS) is 12.1. The molecule has 1 unspecified atom stereocenters. The first-order valence-electron chi connectivity index (χ1n) is 6.29. The Balaban J connectivity index is 2.00. The lowest BCUT2D eigenvalue weighted by Crippen LogP contribution is -2.37. The van der Waals surface area contributed by atoms with Crippen LogP contribution in [0, 0.1) is 0 Å². The Morgan fingerprint density at radius 2 is 2.00 bits per heavy atom. The van der Waals surface area contributed by atoms with E-state index in [4.69, 9.17) is 10.5 Å². The highest BCUT2D eigenvalue weighted by Gasteiger charge is 2.05. The van der Waals surface area contributed by atoms with Crippen LogP contribution in [0.5, 0.6) is 5.75 Å². The molecule has 0 saturated carbocycles. The van der Waals surface area contributed by atoms with Gasteiger partial charge in [-0.3, -0.25) is 4.79 Å². The number of hydrogen-bond acceptors (Lipinski definition) is 3. The van der Waals surface area contributed by atoms with Gasteiger partial charge in [0, 0.05) is 18.0 Å². The van der Waals surface area contributed by atoms with Crippen LogP contribution in [0.15, 0.2) is 42.5 Å². The molecule has 4 heteroatoms. The molecule has 2 rings (SSSR count). The van der Waals surface area contributed by atoms with Crippen LogP contribution in [0.1, 0.15) is 6.92 Å². The molecule has 0 aliphatic rings. The van der Waals surface area contributed by atoms with Gasteiger partial charge in [0.1, 0.15) is 5.75 Å². The summed E-state index contributed by atoms with van der Waals surface area (Å²) in [6.45, 7) is 2.30. The molecule has 3 N–H and O–H groups in total. The number of benzene rings is 2. The number of nitrogens with one attached hydrogen (secondary N) is 1. The first-order valence-corrected chi connectivity index (χ1v) is 6.29. The zero-order valence-electron chi connectivity index (χ0n) is 10.9. The summed E-state index contributed by atoms with van der Waals surface area (Å²) in [6.07, 6.45) is 0. The average Bonchev–Trinajstić information content (AvgIpc) is 2.42. The Bertz CT molecular complexity index is 562. The standard InChI is InChI=1S/C15H18N2O2/c1-11(16)9-17-15(18)10-19-14-8-4-6-12-5-2-3-7-13(12)14/h2-8,11H,9-10,16H2,1H3,(H,17,18). The highest BCUT2D eigenvalue weighted by molar-refractivity contribution is 5.88. The van der Waals surface area contributed by atoms with Gasteiger partial charge in [0.25, 0.3) is 5.91 Å². The fourth-order valence-electron chi connectivity index (χ4n) is 1.79. The second-order valence-corrected chi connectivity index (χ2v) is 4.55. The summed E-state index contributed by atoms with van der Waals surface area (Å²) in [7, 11) is 0. The molecule has 0 heterocycles. The molecule has 0 radical (unpaired) electrons. The fraction of sp³-hybridized carbons (Fsp3) is 0.267. The van der Waals surface area contributed by atoms with E-state index in [9.17, 15) is 4.79 Å². The van der Waals surface area contributed by atoms with E-state index in [2.05, 4.69) is 5.32 Å². The number of ether oxygens (including phenoxy) is 1. The smallest absolute Gasteiger partial charge is 0.257 e. The molecular weight excluding hydrogens is 240 g/mol. The van der Waals surface area contributed by atoms with Crippen LogP contribution >= 0.6 is 0 Å². The summed E-state index contributed by atoms with van der Waals surface area (Å²) < 4.78 is 5.56. The highest BCUT2D eigenvalue weighted by atomic mass is 16.5. The van der Waals surface area contributed by atoms with Crippen molar-refractivity contribution in [3.63, 3.8) is 0 Å². The molecule has 0 fully saturated rings. The summed E-state index contributed by atoms with van der Waals surface area (Å²) in [6, 6.07) is 13.6. The molecule has 100 valence electrons. The van der Waals surface area contributed by atoms with Crippen LogP contribution in [0.4, 0.5) is 0 Å². The number of amides is 1. The second-order valence-electron chi connectivity index (χ2n) is 4.55. The third kappa shape index (κ3) is 3.69. The first kappa shape index (κ1) is 13.4. The topological polar surface area (TPSA) is 64.3 Å². The predicted octanol–water partition coefficient (Wildman–Crippen LogP) is 1.68. The fourth-order valence-corrected chi connectivity index (χ4v) is 1.79. The molecule has 0 saturated heterocycles. The molecular formula is C15H18N2O2. The highest BCUT2D eigenvalue weighted by Crippen LogP contribution is 2.24. The third-order valence-corrected chi connectivity index (χ3v) is 2.73. The van der Waals surface area contributed by atoms with E-state index < -0.39 is 0 Å². The number of hydrogen-bond donors (Lipinski definition) is 2. The molecule has 0 spiro atoms. The first-order chi connectivity index (χ1) is 9.16. The minimum absolute atomic E-state index is 0.000722. The van der Waals surface area contributed by atoms with E-state index in [1.165, 1.54) is 0 Å². The van der Waals surface area contributed by atoms with Gasteiger partial charge in [0.2, 0.25) is 0 Å². The van der Waals surface area contributed by atoms with E-state index in [1.807, 2.05) is 49.4 Å². The Kier molecular flexibility index (Phi) is 4.36. The minimum Gasteiger partial charge on any atom is -0.483 e. The molecule has 2 aromatic carbocycles. The van der Waals surface area contributed by atoms with Gasteiger partial charge in [-0.15, -0.1) is 0 Å². The van der Waals surface area contributed by atoms with Crippen LogP contribution in [-0.4, -0.2) is 25.1 Å². The summed E-state index contributed by atoms with van der Waals surface area (Å²) in [5.74, 6) is 0.555. The largest absolute Gasteiger partial charge is 0.483 e. The van der Waals surface area contributed by atoms with Crippen molar-refractivity contribution in [1.82, 2.24) is 5.32 Å². The molecule has 2 aromatic rings. The van der Waals surface area contributed by atoms with Crippen molar-refractivity contribution in [3.8, 4) is 5.75 Å². The van der Waals surface area contributed by atoms with Crippen molar-refractivity contribution in [1.29, 1.82) is 0 Å². The van der Waals surface area contributed by atoms with Crippen LogP contribution in [0.2, 0.25) is 0 Å². The van der Waals surface area contributed by atoms with Gasteiger partial charge in [0.05, 0.1) is 0 Å². The lowest BCUT2D eigenvalue weighted by molar-refractivity contribution is -0.123. The molecule has 0 aliphatic heterocycles. The van der Waals surface area contributed by atoms with Crippen molar-refractivity contribution in [2.45, 2.75) is 13.0 Å². The Hall–Kier alpha value is -2.07. The summed E-state index contributed by atoms with van der Waals surface area (Å²) >= 11 is 0. The summed E-state index contributed by atoms with van der Waals surface area (Å²) in [4.78, 5) is 11.6. The van der Waals surface area contributed by atoms with Gasteiger partial charge in [-0.1, -0.05) is 36.4 Å². The third-order valence-electron chi connectivity index (χ3n) is 2.73. The minimum atomic E-state index is -0.162. The zero-order chi connectivity index (χ0) is 13.7. The van der Waals surface area contributed by atoms with E-state index in [0.29, 0.717) is 12.3 Å². The van der Waals surface area contributed by atoms with E-state index in [-0.39, 0.29) is 18.6 Å². The van der Waals surface area contributed by atoms with Crippen LogP contribution in [0.3, 0.4) is 0 Å². The molecule has 1 atom stereocenters. The van der Waals surface area contributed by atoms with Crippen molar-refractivity contribution in [3.05, 3.63) is 42.5 Å². The zero-order valence-corrected chi connectivity index (χ0v) is 10.9. The number of nitrogens with two attached hydrogens (primary N) is 1. The second kappa shape index (κ2) is 6.20. The monoisotopic (exact) mass is 258 g/mol. The molecule has 4 nitrogen and oxygen atoms in total. The molecule has 0 aromatic heterocycles. The van der Waals surface area contributed by atoms with Crippen molar-refractivity contribution < 1.29 is 9.53 Å². The lowest BCUT2D eigenvalue weighted by Gasteiger charge is -2.10. The number of carbonyl (C=O) groups is 1. The van der Waals surface area contributed by atoms with Gasteiger partial charge in [0.15, 0.2) is 6.61 Å².